The van der Waals surface area contributed by atoms with Crippen molar-refractivity contribution in [1.29, 1.82) is 0 Å². The van der Waals surface area contributed by atoms with E-state index >= 15 is 0 Å². The smallest absolute Gasteiger partial charge is 0.400 e. The normalized spacial score (nSPS) is 20.5. The largest absolute Gasteiger partial charge is 0.491 e. The summed E-state index contributed by atoms with van der Waals surface area (Å²) in [6.45, 7) is 8.06. The van der Waals surface area contributed by atoms with E-state index in [1.165, 1.54) is 12.1 Å². The molecule has 4 N–H and O–H groups in total. The molecule has 0 spiro atoms. The van der Waals surface area contributed by atoms with Crippen LogP contribution in [-0.4, -0.2) is 33.3 Å². The van der Waals surface area contributed by atoms with Crippen molar-refractivity contribution in [3.63, 3.8) is 0 Å². The Morgan fingerprint density at radius 1 is 1.25 bits per heavy atom. The van der Waals surface area contributed by atoms with Crippen LogP contribution in [0.3, 0.4) is 0 Å². The van der Waals surface area contributed by atoms with E-state index in [-0.39, 0.29) is 16.5 Å². The van der Waals surface area contributed by atoms with Gasteiger partial charge in [-0.3, -0.25) is 0 Å². The summed E-state index contributed by atoms with van der Waals surface area (Å²) in [4.78, 5) is -0.119. The average Bonchev–Trinajstić information content (AvgIpc) is 2.63. The molecule has 9 heteroatoms. The lowest BCUT2D eigenvalue weighted by Crippen LogP contribution is -2.41. The van der Waals surface area contributed by atoms with Crippen molar-refractivity contribution in [2.24, 2.45) is 10.9 Å². The number of primary sulfonamides is 1. The third-order valence-corrected chi connectivity index (χ3v) is 5.80. The number of rotatable bonds is 4. The second-order valence-electron chi connectivity index (χ2n) is 6.75. The minimum Gasteiger partial charge on any atom is -0.400 e. The summed E-state index contributed by atoms with van der Waals surface area (Å²) >= 11 is 6.01. The first-order chi connectivity index (χ1) is 10.9. The predicted molar refractivity (Wildman–Crippen MR) is 95.9 cm³/mol. The van der Waals surface area contributed by atoms with E-state index in [1.807, 2.05) is 27.7 Å². The van der Waals surface area contributed by atoms with Gasteiger partial charge in [-0.2, -0.15) is 0 Å². The maximum Gasteiger partial charge on any atom is 0.491 e. The molecule has 0 saturated carbocycles. The fraction of sp³-hybridized carbons (Fsp3) is 0.467. The van der Waals surface area contributed by atoms with E-state index in [4.69, 9.17) is 31.8 Å². The van der Waals surface area contributed by atoms with Crippen LogP contribution in [0.2, 0.25) is 5.02 Å². The number of benzene rings is 1. The van der Waals surface area contributed by atoms with Crippen LogP contribution in [-0.2, 0) is 19.3 Å². The molecule has 0 radical (unpaired) electrons. The highest BCUT2D eigenvalue weighted by atomic mass is 35.5. The van der Waals surface area contributed by atoms with Crippen molar-refractivity contribution in [3.05, 3.63) is 34.3 Å². The lowest BCUT2D eigenvalue weighted by atomic mass is 9.77. The molecule has 1 aromatic rings. The lowest BCUT2D eigenvalue weighted by molar-refractivity contribution is 0.00578. The number of sulfonamides is 1. The van der Waals surface area contributed by atoms with Crippen molar-refractivity contribution >= 4 is 34.8 Å². The van der Waals surface area contributed by atoms with Gasteiger partial charge in [-0.15, -0.1) is 0 Å². The van der Waals surface area contributed by atoms with E-state index in [0.29, 0.717) is 5.56 Å². The van der Waals surface area contributed by atoms with E-state index in [2.05, 4.69) is 0 Å². The highest BCUT2D eigenvalue weighted by Crippen LogP contribution is 2.38. The van der Waals surface area contributed by atoms with Gasteiger partial charge in [-0.25, -0.2) is 13.6 Å². The molecule has 0 amide bonds. The van der Waals surface area contributed by atoms with Crippen molar-refractivity contribution < 1.29 is 17.7 Å². The molecule has 0 unspecified atom stereocenters. The molecule has 1 fully saturated rings. The SMILES string of the molecule is CC1(C)OB(C(=Cc2ccc(S(N)(=O)=O)c(Cl)c2)CN)OC1(C)C. The molecular formula is C15H22BClN2O4S. The Kier molecular flexibility index (Phi) is 5.21. The Bertz CT molecular complexity index is 762. The third-order valence-electron chi connectivity index (χ3n) is 4.41. The molecule has 0 aliphatic carbocycles. The van der Waals surface area contributed by atoms with Crippen molar-refractivity contribution in [2.75, 3.05) is 6.54 Å². The standard InChI is InChI=1S/C15H22BClN2O4S/c1-14(2)15(3,4)23-16(22-14)11(9-18)7-10-5-6-13(12(17)8-10)24(19,20)21/h5-8H,9,18H2,1-4H3,(H2,19,20,21). The summed E-state index contributed by atoms with van der Waals surface area (Å²) in [5, 5.41) is 5.16. The molecule has 1 saturated heterocycles. The van der Waals surface area contributed by atoms with Gasteiger partial charge in [0.1, 0.15) is 4.90 Å². The lowest BCUT2D eigenvalue weighted by Gasteiger charge is -2.32. The minimum absolute atomic E-state index is 0.0524. The minimum atomic E-state index is -3.86. The van der Waals surface area contributed by atoms with Crippen LogP contribution in [0.4, 0.5) is 0 Å². The Balaban J connectivity index is 2.34. The van der Waals surface area contributed by atoms with E-state index in [0.717, 1.165) is 5.47 Å². The van der Waals surface area contributed by atoms with Crippen LogP contribution in [0, 0.1) is 0 Å². The molecule has 24 heavy (non-hydrogen) atoms. The molecule has 0 aromatic heterocycles. The first-order valence-corrected chi connectivity index (χ1v) is 9.38. The molecule has 1 heterocycles. The second-order valence-corrected chi connectivity index (χ2v) is 8.68. The molecule has 2 rings (SSSR count). The van der Waals surface area contributed by atoms with Crippen LogP contribution in [0.1, 0.15) is 33.3 Å². The topological polar surface area (TPSA) is 105 Å². The van der Waals surface area contributed by atoms with E-state index < -0.39 is 28.3 Å². The fourth-order valence-electron chi connectivity index (χ4n) is 2.27. The van der Waals surface area contributed by atoms with Gasteiger partial charge in [0.25, 0.3) is 0 Å². The van der Waals surface area contributed by atoms with Gasteiger partial charge in [-0.05, 0) is 50.9 Å². The number of hydrogen-bond donors (Lipinski definition) is 2. The summed E-state index contributed by atoms with van der Waals surface area (Å²) in [6.07, 6.45) is 1.78. The maximum absolute atomic E-state index is 11.4. The van der Waals surface area contributed by atoms with Gasteiger partial charge in [-0.1, -0.05) is 23.7 Å². The first kappa shape index (κ1) is 19.4. The Morgan fingerprint density at radius 2 is 1.79 bits per heavy atom. The predicted octanol–water partition coefficient (Wildman–Crippen LogP) is 1.96. The average molecular weight is 373 g/mol. The fourth-order valence-corrected chi connectivity index (χ4v) is 3.37. The van der Waals surface area contributed by atoms with Gasteiger partial charge < -0.3 is 15.0 Å². The maximum atomic E-state index is 11.4. The highest BCUT2D eigenvalue weighted by Gasteiger charge is 2.52. The summed E-state index contributed by atoms with van der Waals surface area (Å²) < 4.78 is 34.8. The first-order valence-electron chi connectivity index (χ1n) is 7.46. The van der Waals surface area contributed by atoms with E-state index in [9.17, 15) is 8.42 Å². The number of halogens is 1. The molecule has 1 aliphatic heterocycles. The zero-order chi connectivity index (χ0) is 18.3. The van der Waals surface area contributed by atoms with Gasteiger partial charge in [0.05, 0.1) is 16.2 Å². The van der Waals surface area contributed by atoms with Gasteiger partial charge in [0, 0.05) is 6.54 Å². The molecular weight excluding hydrogens is 351 g/mol. The summed E-state index contributed by atoms with van der Waals surface area (Å²) in [5.74, 6) is 0. The molecule has 1 aromatic carbocycles. The zero-order valence-corrected chi connectivity index (χ0v) is 15.7. The van der Waals surface area contributed by atoms with Crippen molar-refractivity contribution in [2.45, 2.75) is 43.8 Å². The highest BCUT2D eigenvalue weighted by molar-refractivity contribution is 7.89. The zero-order valence-electron chi connectivity index (χ0n) is 14.2. The third kappa shape index (κ3) is 3.84. The Labute approximate surface area is 148 Å². The summed E-state index contributed by atoms with van der Waals surface area (Å²) in [6, 6.07) is 4.48. The molecule has 6 nitrogen and oxygen atoms in total. The van der Waals surface area contributed by atoms with Crippen LogP contribution in [0.5, 0.6) is 0 Å². The molecule has 1 aliphatic rings. The van der Waals surface area contributed by atoms with Crippen molar-refractivity contribution in [3.8, 4) is 0 Å². The van der Waals surface area contributed by atoms with Gasteiger partial charge >= 0.3 is 7.12 Å². The van der Waals surface area contributed by atoms with Crippen LogP contribution < -0.4 is 10.9 Å². The summed E-state index contributed by atoms with van der Waals surface area (Å²) in [7, 11) is -4.43. The Hall–Kier alpha value is -0.895. The van der Waals surface area contributed by atoms with Crippen LogP contribution in [0.25, 0.3) is 6.08 Å². The van der Waals surface area contributed by atoms with Gasteiger partial charge in [0.2, 0.25) is 10.0 Å². The quantitative estimate of drug-likeness (QED) is 0.786. The van der Waals surface area contributed by atoms with Crippen LogP contribution >= 0.6 is 11.6 Å². The van der Waals surface area contributed by atoms with Crippen LogP contribution in [0.15, 0.2) is 28.6 Å². The van der Waals surface area contributed by atoms with Crippen molar-refractivity contribution in [1.82, 2.24) is 0 Å². The second kappa shape index (κ2) is 6.44. The van der Waals surface area contributed by atoms with Gasteiger partial charge in [0.15, 0.2) is 0 Å². The molecule has 0 bridgehead atoms. The number of hydrogen-bond acceptors (Lipinski definition) is 5. The Morgan fingerprint density at radius 3 is 2.21 bits per heavy atom. The molecule has 0 atom stereocenters. The van der Waals surface area contributed by atoms with E-state index in [1.54, 1.807) is 12.1 Å². The molecule has 132 valence electrons. The number of nitrogens with two attached hydrogens (primary N) is 2. The monoisotopic (exact) mass is 372 g/mol. The summed E-state index contributed by atoms with van der Waals surface area (Å²) in [5.41, 5.74) is 6.31.